The molecule has 0 aromatic carbocycles. The highest BCUT2D eigenvalue weighted by atomic mass is 16.6. The zero-order valence-corrected chi connectivity index (χ0v) is 12.6. The molecule has 110 valence electrons. The predicted molar refractivity (Wildman–Crippen MR) is 73.9 cm³/mol. The van der Waals surface area contributed by atoms with Gasteiger partial charge in [-0.1, -0.05) is 13.3 Å². The summed E-state index contributed by atoms with van der Waals surface area (Å²) >= 11 is 0. The summed E-state index contributed by atoms with van der Waals surface area (Å²) in [6, 6.07) is 0.305. The van der Waals surface area contributed by atoms with E-state index in [1.54, 1.807) is 0 Å². The van der Waals surface area contributed by atoms with Gasteiger partial charge in [-0.25, -0.2) is 4.79 Å². The first-order valence-corrected chi connectivity index (χ1v) is 7.57. The van der Waals surface area contributed by atoms with Crippen molar-refractivity contribution in [2.75, 3.05) is 0 Å². The van der Waals surface area contributed by atoms with Crippen LogP contribution in [0, 0.1) is 0 Å². The Morgan fingerprint density at radius 2 is 2.11 bits per heavy atom. The molecular formula is C15H27NO3. The highest BCUT2D eigenvalue weighted by molar-refractivity contribution is 5.69. The summed E-state index contributed by atoms with van der Waals surface area (Å²) in [6.07, 6.45) is 6.40. The molecule has 4 heteroatoms. The molecule has 0 aromatic heterocycles. The lowest BCUT2D eigenvalue weighted by molar-refractivity contribution is -0.175. The maximum atomic E-state index is 12.3. The molecule has 3 atom stereocenters. The van der Waals surface area contributed by atoms with Crippen molar-refractivity contribution in [2.24, 2.45) is 0 Å². The summed E-state index contributed by atoms with van der Waals surface area (Å²) in [4.78, 5) is 14.2. The van der Waals surface area contributed by atoms with Crippen molar-refractivity contribution in [1.29, 1.82) is 0 Å². The van der Waals surface area contributed by atoms with E-state index in [-0.39, 0.29) is 12.3 Å². The lowest BCUT2D eigenvalue weighted by Crippen LogP contribution is -2.58. The summed E-state index contributed by atoms with van der Waals surface area (Å²) < 4.78 is 11.6. The van der Waals surface area contributed by atoms with Crippen molar-refractivity contribution in [3.05, 3.63) is 0 Å². The molecule has 2 heterocycles. The van der Waals surface area contributed by atoms with Crippen LogP contribution in [0.4, 0.5) is 4.79 Å². The molecule has 0 saturated carbocycles. The molecule has 2 saturated heterocycles. The number of hydrogen-bond acceptors (Lipinski definition) is 3. The Labute approximate surface area is 116 Å². The lowest BCUT2D eigenvalue weighted by Gasteiger charge is -2.48. The molecule has 1 unspecified atom stereocenters. The molecule has 0 radical (unpaired) electrons. The second kappa shape index (κ2) is 5.70. The molecule has 0 N–H and O–H groups in total. The number of hydrogen-bond donors (Lipinski definition) is 0. The van der Waals surface area contributed by atoms with Gasteiger partial charge in [-0.2, -0.15) is 0 Å². The summed E-state index contributed by atoms with van der Waals surface area (Å²) in [5, 5.41) is 0. The van der Waals surface area contributed by atoms with Crippen molar-refractivity contribution in [3.63, 3.8) is 0 Å². The van der Waals surface area contributed by atoms with Gasteiger partial charge in [0.1, 0.15) is 11.8 Å². The van der Waals surface area contributed by atoms with Gasteiger partial charge >= 0.3 is 6.09 Å². The van der Waals surface area contributed by atoms with Crippen LogP contribution in [0.3, 0.4) is 0 Å². The van der Waals surface area contributed by atoms with Crippen LogP contribution in [-0.2, 0) is 9.47 Å². The Morgan fingerprint density at radius 1 is 1.37 bits per heavy atom. The number of nitrogens with zero attached hydrogens (tertiary/aromatic N) is 1. The minimum absolute atomic E-state index is 0.0705. The van der Waals surface area contributed by atoms with Crippen molar-refractivity contribution in [1.82, 2.24) is 4.90 Å². The van der Waals surface area contributed by atoms with E-state index in [9.17, 15) is 4.79 Å². The fraction of sp³-hybridized carbons (Fsp3) is 0.933. The van der Waals surface area contributed by atoms with Gasteiger partial charge in [-0.3, -0.25) is 4.90 Å². The summed E-state index contributed by atoms with van der Waals surface area (Å²) in [5.41, 5.74) is -0.439. The second-order valence-electron chi connectivity index (χ2n) is 6.71. The zero-order valence-electron chi connectivity index (χ0n) is 12.6. The van der Waals surface area contributed by atoms with Crippen LogP contribution in [-0.4, -0.2) is 35.0 Å². The number of fused-ring (bicyclic) bond motifs is 2. The molecule has 4 nitrogen and oxygen atoms in total. The van der Waals surface area contributed by atoms with Crippen molar-refractivity contribution < 1.29 is 14.3 Å². The van der Waals surface area contributed by atoms with Gasteiger partial charge in [0, 0.05) is 6.04 Å². The number of piperidine rings is 1. The highest BCUT2D eigenvalue weighted by Gasteiger charge is 2.42. The van der Waals surface area contributed by atoms with Crippen LogP contribution >= 0.6 is 0 Å². The second-order valence-corrected chi connectivity index (χ2v) is 6.71. The molecule has 0 aromatic rings. The molecule has 1 amide bonds. The number of ether oxygens (including phenoxy) is 2. The Kier molecular flexibility index (Phi) is 4.39. The Morgan fingerprint density at radius 3 is 2.68 bits per heavy atom. The van der Waals surface area contributed by atoms with Gasteiger partial charge in [0.2, 0.25) is 0 Å². The molecule has 0 spiro atoms. The van der Waals surface area contributed by atoms with E-state index in [1.807, 2.05) is 25.7 Å². The standard InChI is InChI=1S/C15H27NO3/c1-5-7-12-10-11-8-6-9-13(18-12)16(11)14(17)19-15(2,3)4/h11-13H,5-10H2,1-4H3/t11-,12?,13-/m0/s1. The van der Waals surface area contributed by atoms with Crippen molar-refractivity contribution in [3.8, 4) is 0 Å². The first kappa shape index (κ1) is 14.6. The number of carbonyl (C=O) groups is 1. The topological polar surface area (TPSA) is 38.8 Å². The Balaban J connectivity index is 2.03. The van der Waals surface area contributed by atoms with E-state index >= 15 is 0 Å². The van der Waals surface area contributed by atoms with Gasteiger partial charge < -0.3 is 9.47 Å². The first-order valence-electron chi connectivity index (χ1n) is 7.57. The number of amides is 1. The van der Waals surface area contributed by atoms with E-state index < -0.39 is 5.60 Å². The minimum atomic E-state index is -0.439. The SMILES string of the molecule is CCCC1C[C@@H]2CCC[C@H](O1)N2C(=O)OC(C)(C)C. The van der Waals surface area contributed by atoms with E-state index in [0.29, 0.717) is 12.1 Å². The quantitative estimate of drug-likeness (QED) is 0.767. The highest BCUT2D eigenvalue weighted by Crippen LogP contribution is 2.35. The molecule has 2 aliphatic rings. The van der Waals surface area contributed by atoms with Crippen LogP contribution in [0.25, 0.3) is 0 Å². The Bertz CT molecular complexity index is 310. The Hall–Kier alpha value is -0.770. The summed E-state index contributed by atoms with van der Waals surface area (Å²) in [7, 11) is 0. The molecular weight excluding hydrogens is 242 g/mol. The van der Waals surface area contributed by atoms with Gasteiger partial charge in [0.05, 0.1) is 6.10 Å². The van der Waals surface area contributed by atoms with Gasteiger partial charge in [0.15, 0.2) is 0 Å². The average Bonchev–Trinajstić information content (AvgIpc) is 2.25. The van der Waals surface area contributed by atoms with E-state index in [0.717, 1.165) is 38.5 Å². The van der Waals surface area contributed by atoms with Crippen LogP contribution in [0.15, 0.2) is 0 Å². The minimum Gasteiger partial charge on any atom is -0.444 e. The fourth-order valence-electron chi connectivity index (χ4n) is 3.08. The maximum Gasteiger partial charge on any atom is 0.412 e. The van der Waals surface area contributed by atoms with Gasteiger partial charge in [-0.05, 0) is 52.9 Å². The number of carbonyl (C=O) groups excluding carboxylic acids is 1. The summed E-state index contributed by atoms with van der Waals surface area (Å²) in [5.74, 6) is 0. The van der Waals surface area contributed by atoms with E-state index in [2.05, 4.69) is 6.92 Å². The van der Waals surface area contributed by atoms with Crippen molar-refractivity contribution in [2.45, 2.75) is 90.2 Å². The third kappa shape index (κ3) is 3.62. The lowest BCUT2D eigenvalue weighted by atomic mass is 9.92. The molecule has 2 aliphatic heterocycles. The first-order chi connectivity index (χ1) is 8.90. The van der Waals surface area contributed by atoms with Crippen molar-refractivity contribution >= 4 is 6.09 Å². The third-order valence-electron chi connectivity index (χ3n) is 3.79. The van der Waals surface area contributed by atoms with Crippen LogP contribution in [0.5, 0.6) is 0 Å². The molecule has 2 bridgehead atoms. The maximum absolute atomic E-state index is 12.3. The molecule has 2 fully saturated rings. The number of rotatable bonds is 2. The molecule has 2 rings (SSSR count). The van der Waals surface area contributed by atoms with Crippen LogP contribution < -0.4 is 0 Å². The van der Waals surface area contributed by atoms with E-state index in [1.165, 1.54) is 0 Å². The fourth-order valence-corrected chi connectivity index (χ4v) is 3.08. The average molecular weight is 269 g/mol. The summed E-state index contributed by atoms with van der Waals surface area (Å²) in [6.45, 7) is 7.90. The monoisotopic (exact) mass is 269 g/mol. The van der Waals surface area contributed by atoms with Crippen LogP contribution in [0.1, 0.15) is 66.2 Å². The predicted octanol–water partition coefficient (Wildman–Crippen LogP) is 3.69. The zero-order chi connectivity index (χ0) is 14.0. The smallest absolute Gasteiger partial charge is 0.412 e. The largest absolute Gasteiger partial charge is 0.444 e. The molecule has 0 aliphatic carbocycles. The van der Waals surface area contributed by atoms with E-state index in [4.69, 9.17) is 9.47 Å². The third-order valence-corrected chi connectivity index (χ3v) is 3.79. The van der Waals surface area contributed by atoms with Gasteiger partial charge in [0.25, 0.3) is 0 Å². The van der Waals surface area contributed by atoms with Gasteiger partial charge in [-0.15, -0.1) is 0 Å². The molecule has 19 heavy (non-hydrogen) atoms. The van der Waals surface area contributed by atoms with Crippen LogP contribution in [0.2, 0.25) is 0 Å². The normalized spacial score (nSPS) is 31.2.